The van der Waals surface area contributed by atoms with Crippen LogP contribution < -0.4 is 5.32 Å². The number of para-hydroxylation sites is 1. The summed E-state index contributed by atoms with van der Waals surface area (Å²) in [6.45, 7) is 7.03. The molecule has 0 saturated heterocycles. The van der Waals surface area contributed by atoms with Crippen LogP contribution in [0.4, 0.5) is 13.2 Å². The van der Waals surface area contributed by atoms with E-state index in [0.717, 1.165) is 6.07 Å². The molecule has 6 heteroatoms. The zero-order valence-corrected chi connectivity index (χ0v) is 12.3. The zero-order chi connectivity index (χ0) is 16.5. The molecule has 117 valence electrons. The van der Waals surface area contributed by atoms with Crippen molar-refractivity contribution in [3.8, 4) is 5.69 Å². The molecule has 0 atom stereocenters. The van der Waals surface area contributed by atoms with Gasteiger partial charge in [0.05, 0.1) is 16.8 Å². The molecular weight excluding hydrogens is 293 g/mol. The zero-order valence-electron chi connectivity index (χ0n) is 12.3. The predicted molar refractivity (Wildman–Crippen MR) is 77.9 cm³/mol. The minimum Gasteiger partial charge on any atom is -0.352 e. The van der Waals surface area contributed by atoms with E-state index in [1.54, 1.807) is 26.0 Å². The standard InChI is InChI=1S/C16H16F3N2O/c1-4-20-15(22)12-9-10(2)21(11(12)3)14-8-6-5-7-13(14)16(17,18)19/h5-9H,1,4H2,2-3H3,(H,20,22). The molecule has 1 amide bonds. The number of alkyl halides is 3. The Hall–Kier alpha value is -2.24. The number of hydrogen-bond acceptors (Lipinski definition) is 1. The Morgan fingerprint density at radius 2 is 1.91 bits per heavy atom. The van der Waals surface area contributed by atoms with Crippen LogP contribution in [0, 0.1) is 20.8 Å². The highest BCUT2D eigenvalue weighted by Gasteiger charge is 2.34. The molecule has 1 aromatic heterocycles. The first-order chi connectivity index (χ1) is 10.3. The van der Waals surface area contributed by atoms with Gasteiger partial charge in [-0.1, -0.05) is 12.1 Å². The molecular formula is C16H16F3N2O. The van der Waals surface area contributed by atoms with Crippen molar-refractivity contribution in [3.63, 3.8) is 0 Å². The quantitative estimate of drug-likeness (QED) is 0.922. The summed E-state index contributed by atoms with van der Waals surface area (Å²) in [4.78, 5) is 12.0. The minimum absolute atomic E-state index is 0.0127. The van der Waals surface area contributed by atoms with Gasteiger partial charge in [0.15, 0.2) is 0 Å². The van der Waals surface area contributed by atoms with Crippen LogP contribution in [0.5, 0.6) is 0 Å². The second kappa shape index (κ2) is 5.87. The molecule has 2 rings (SSSR count). The van der Waals surface area contributed by atoms with E-state index in [2.05, 4.69) is 12.2 Å². The van der Waals surface area contributed by atoms with E-state index < -0.39 is 11.7 Å². The summed E-state index contributed by atoms with van der Waals surface area (Å²) in [7, 11) is 0. The van der Waals surface area contributed by atoms with Gasteiger partial charge in [0.25, 0.3) is 5.91 Å². The Morgan fingerprint density at radius 3 is 2.50 bits per heavy atom. The lowest BCUT2D eigenvalue weighted by Crippen LogP contribution is -2.23. The van der Waals surface area contributed by atoms with Crippen molar-refractivity contribution >= 4 is 5.91 Å². The van der Waals surface area contributed by atoms with E-state index >= 15 is 0 Å². The van der Waals surface area contributed by atoms with E-state index in [-0.39, 0.29) is 18.1 Å². The average Bonchev–Trinajstić information content (AvgIpc) is 2.73. The Kier molecular flexibility index (Phi) is 4.30. The second-order valence-corrected chi connectivity index (χ2v) is 4.89. The van der Waals surface area contributed by atoms with Gasteiger partial charge in [-0.2, -0.15) is 13.2 Å². The largest absolute Gasteiger partial charge is 0.418 e. The summed E-state index contributed by atoms with van der Waals surface area (Å²) in [5.41, 5.74) is 0.640. The molecule has 0 unspecified atom stereocenters. The number of aromatic nitrogens is 1. The predicted octanol–water partition coefficient (Wildman–Crippen LogP) is 3.68. The van der Waals surface area contributed by atoms with E-state index in [1.165, 1.54) is 16.7 Å². The van der Waals surface area contributed by atoms with Crippen LogP contribution in [0.15, 0.2) is 30.3 Å². The van der Waals surface area contributed by atoms with E-state index in [9.17, 15) is 18.0 Å². The monoisotopic (exact) mass is 309 g/mol. The Balaban J connectivity index is 2.63. The van der Waals surface area contributed by atoms with E-state index in [1.807, 2.05) is 0 Å². The highest BCUT2D eigenvalue weighted by atomic mass is 19.4. The normalized spacial score (nSPS) is 11.5. The van der Waals surface area contributed by atoms with E-state index in [4.69, 9.17) is 0 Å². The van der Waals surface area contributed by atoms with Crippen LogP contribution in [-0.2, 0) is 6.18 Å². The van der Waals surface area contributed by atoms with Crippen LogP contribution in [0.2, 0.25) is 0 Å². The lowest BCUT2D eigenvalue weighted by Gasteiger charge is -2.16. The van der Waals surface area contributed by atoms with Crippen LogP contribution in [0.25, 0.3) is 5.69 Å². The Morgan fingerprint density at radius 1 is 1.27 bits per heavy atom. The van der Waals surface area contributed by atoms with Gasteiger partial charge in [0, 0.05) is 17.9 Å². The van der Waals surface area contributed by atoms with Crippen molar-refractivity contribution in [2.45, 2.75) is 20.0 Å². The summed E-state index contributed by atoms with van der Waals surface area (Å²) < 4.78 is 41.0. The molecule has 0 spiro atoms. The number of nitrogens with zero attached hydrogens (tertiary/aromatic N) is 1. The molecule has 0 bridgehead atoms. The van der Waals surface area contributed by atoms with Gasteiger partial charge in [-0.15, -0.1) is 0 Å². The summed E-state index contributed by atoms with van der Waals surface area (Å²) in [6.07, 6.45) is -4.46. The topological polar surface area (TPSA) is 34.0 Å². The van der Waals surface area contributed by atoms with Gasteiger partial charge in [-0.25, -0.2) is 0 Å². The van der Waals surface area contributed by atoms with Crippen molar-refractivity contribution in [2.75, 3.05) is 6.54 Å². The molecule has 22 heavy (non-hydrogen) atoms. The summed E-state index contributed by atoms with van der Waals surface area (Å²) >= 11 is 0. The average molecular weight is 309 g/mol. The molecule has 0 aliphatic carbocycles. The SMILES string of the molecule is [CH2]CNC(=O)c1cc(C)n(-c2ccccc2C(F)(F)F)c1C. The highest BCUT2D eigenvalue weighted by Crippen LogP contribution is 2.35. The highest BCUT2D eigenvalue weighted by molar-refractivity contribution is 5.96. The fourth-order valence-electron chi connectivity index (χ4n) is 2.48. The number of nitrogens with one attached hydrogen (secondary N) is 1. The third-order valence-electron chi connectivity index (χ3n) is 3.41. The first kappa shape index (κ1) is 16.1. The molecule has 1 aromatic carbocycles. The second-order valence-electron chi connectivity index (χ2n) is 4.89. The fraction of sp³-hybridized carbons (Fsp3) is 0.250. The Bertz CT molecular complexity index is 702. The lowest BCUT2D eigenvalue weighted by molar-refractivity contribution is -0.137. The molecule has 2 aromatic rings. The maximum absolute atomic E-state index is 13.2. The smallest absolute Gasteiger partial charge is 0.352 e. The molecule has 1 radical (unpaired) electrons. The van der Waals surface area contributed by atoms with Gasteiger partial charge in [-0.05, 0) is 39.0 Å². The van der Waals surface area contributed by atoms with Gasteiger partial charge in [0.1, 0.15) is 0 Å². The van der Waals surface area contributed by atoms with E-state index in [0.29, 0.717) is 17.0 Å². The lowest BCUT2D eigenvalue weighted by atomic mass is 10.1. The number of rotatable bonds is 3. The summed E-state index contributed by atoms with van der Waals surface area (Å²) in [5, 5.41) is 2.55. The van der Waals surface area contributed by atoms with Crippen LogP contribution in [-0.4, -0.2) is 17.0 Å². The molecule has 0 aliphatic heterocycles. The van der Waals surface area contributed by atoms with Crippen molar-refractivity contribution in [1.29, 1.82) is 0 Å². The third kappa shape index (κ3) is 2.86. The van der Waals surface area contributed by atoms with Crippen molar-refractivity contribution in [1.82, 2.24) is 9.88 Å². The number of halogens is 3. The molecule has 0 fully saturated rings. The van der Waals surface area contributed by atoms with Gasteiger partial charge in [0.2, 0.25) is 0 Å². The first-order valence-corrected chi connectivity index (χ1v) is 6.70. The maximum atomic E-state index is 13.2. The third-order valence-corrected chi connectivity index (χ3v) is 3.41. The number of carbonyl (C=O) groups is 1. The van der Waals surface area contributed by atoms with Gasteiger partial charge in [-0.3, -0.25) is 4.79 Å². The molecule has 1 heterocycles. The van der Waals surface area contributed by atoms with Gasteiger partial charge < -0.3 is 9.88 Å². The minimum atomic E-state index is -4.46. The summed E-state index contributed by atoms with van der Waals surface area (Å²) in [6, 6.07) is 6.89. The summed E-state index contributed by atoms with van der Waals surface area (Å²) in [5.74, 6) is -0.348. The Labute approximate surface area is 126 Å². The van der Waals surface area contributed by atoms with Crippen molar-refractivity contribution < 1.29 is 18.0 Å². The van der Waals surface area contributed by atoms with Gasteiger partial charge >= 0.3 is 6.18 Å². The van der Waals surface area contributed by atoms with Crippen LogP contribution in [0.1, 0.15) is 27.3 Å². The van der Waals surface area contributed by atoms with Crippen molar-refractivity contribution in [2.24, 2.45) is 0 Å². The molecule has 3 nitrogen and oxygen atoms in total. The number of benzene rings is 1. The number of carbonyl (C=O) groups excluding carboxylic acids is 1. The maximum Gasteiger partial charge on any atom is 0.418 e. The first-order valence-electron chi connectivity index (χ1n) is 6.70. The van der Waals surface area contributed by atoms with Crippen molar-refractivity contribution in [3.05, 3.63) is 59.8 Å². The number of aryl methyl sites for hydroxylation is 1. The molecule has 0 saturated carbocycles. The molecule has 0 aliphatic rings. The number of amides is 1. The fourth-order valence-corrected chi connectivity index (χ4v) is 2.48. The van der Waals surface area contributed by atoms with Crippen LogP contribution in [0.3, 0.4) is 0 Å². The number of hydrogen-bond donors (Lipinski definition) is 1. The molecule has 1 N–H and O–H groups in total. The van der Waals surface area contributed by atoms with Crippen LogP contribution >= 0.6 is 0 Å².